The van der Waals surface area contributed by atoms with Gasteiger partial charge < -0.3 is 4.74 Å². The number of rotatable bonds is 3. The molecule has 1 aliphatic rings. The van der Waals surface area contributed by atoms with Crippen LogP contribution >= 0.6 is 0 Å². The van der Waals surface area contributed by atoms with Gasteiger partial charge in [0, 0.05) is 19.3 Å². The molecule has 1 atom stereocenters. The third-order valence-electron chi connectivity index (χ3n) is 2.45. The summed E-state index contributed by atoms with van der Waals surface area (Å²) in [5.74, 6) is 0.231. The first-order valence-corrected chi connectivity index (χ1v) is 4.86. The zero-order valence-electron chi connectivity index (χ0n) is 8.04. The van der Waals surface area contributed by atoms with E-state index in [2.05, 4.69) is 0 Å². The predicted molar refractivity (Wildman–Crippen MR) is 48.2 cm³/mol. The summed E-state index contributed by atoms with van der Waals surface area (Å²) in [7, 11) is 0. The maximum Gasteiger partial charge on any atom is 0.302 e. The summed E-state index contributed by atoms with van der Waals surface area (Å²) < 4.78 is 4.80. The van der Waals surface area contributed by atoms with Gasteiger partial charge in [-0.1, -0.05) is 6.42 Å². The maximum absolute atomic E-state index is 11.3. The van der Waals surface area contributed by atoms with Crippen LogP contribution in [-0.4, -0.2) is 18.4 Å². The van der Waals surface area contributed by atoms with Gasteiger partial charge in [0.15, 0.2) is 0 Å². The van der Waals surface area contributed by atoms with Gasteiger partial charge in [-0.05, 0) is 19.3 Å². The van der Waals surface area contributed by atoms with Crippen molar-refractivity contribution in [2.24, 2.45) is 5.92 Å². The quantitative estimate of drug-likeness (QED) is 0.627. The highest BCUT2D eigenvalue weighted by Gasteiger charge is 2.21. The zero-order chi connectivity index (χ0) is 9.68. The van der Waals surface area contributed by atoms with Crippen molar-refractivity contribution in [2.45, 2.75) is 39.0 Å². The lowest BCUT2D eigenvalue weighted by atomic mass is 9.86. The second kappa shape index (κ2) is 5.00. The number of Topliss-reactive ketones (excluding diaryl/α,β-unsaturated/α-hetero) is 1. The van der Waals surface area contributed by atoms with E-state index in [-0.39, 0.29) is 11.9 Å². The summed E-state index contributed by atoms with van der Waals surface area (Å²) in [6, 6.07) is 0. The summed E-state index contributed by atoms with van der Waals surface area (Å²) >= 11 is 0. The molecule has 0 aromatic carbocycles. The van der Waals surface area contributed by atoms with Gasteiger partial charge in [-0.15, -0.1) is 0 Å². The van der Waals surface area contributed by atoms with Crippen molar-refractivity contribution < 1.29 is 14.3 Å². The highest BCUT2D eigenvalue weighted by Crippen LogP contribution is 2.23. The number of ketones is 1. The first-order valence-electron chi connectivity index (χ1n) is 4.86. The van der Waals surface area contributed by atoms with Crippen LogP contribution < -0.4 is 0 Å². The average Bonchev–Trinajstić information content (AvgIpc) is 2.08. The number of ether oxygens (including phenoxy) is 1. The highest BCUT2D eigenvalue weighted by molar-refractivity contribution is 5.81. The van der Waals surface area contributed by atoms with Crippen molar-refractivity contribution in [3.63, 3.8) is 0 Å². The molecule has 0 aliphatic heterocycles. The summed E-state index contributed by atoms with van der Waals surface area (Å²) in [4.78, 5) is 21.8. The van der Waals surface area contributed by atoms with Crippen LogP contribution in [0.3, 0.4) is 0 Å². The van der Waals surface area contributed by atoms with Crippen molar-refractivity contribution >= 4 is 11.8 Å². The smallest absolute Gasteiger partial charge is 0.302 e. The van der Waals surface area contributed by atoms with Gasteiger partial charge in [0.25, 0.3) is 0 Å². The largest absolute Gasteiger partial charge is 0.466 e. The summed E-state index contributed by atoms with van der Waals surface area (Å²) in [5, 5.41) is 0. The monoisotopic (exact) mass is 184 g/mol. The Morgan fingerprint density at radius 2 is 2.31 bits per heavy atom. The molecule has 3 nitrogen and oxygen atoms in total. The van der Waals surface area contributed by atoms with Crippen molar-refractivity contribution in [1.29, 1.82) is 0 Å². The van der Waals surface area contributed by atoms with Crippen molar-refractivity contribution in [2.75, 3.05) is 6.61 Å². The molecule has 0 N–H and O–H groups in total. The van der Waals surface area contributed by atoms with Crippen LogP contribution in [0.2, 0.25) is 0 Å². The number of hydrogen-bond donors (Lipinski definition) is 0. The van der Waals surface area contributed by atoms with Crippen LogP contribution in [0.1, 0.15) is 39.0 Å². The lowest BCUT2D eigenvalue weighted by Crippen LogP contribution is -2.20. The Balaban J connectivity index is 2.19. The van der Waals surface area contributed by atoms with Crippen LogP contribution in [0, 0.1) is 5.92 Å². The summed E-state index contributed by atoms with van der Waals surface area (Å²) in [5.41, 5.74) is 0. The molecule has 1 fully saturated rings. The van der Waals surface area contributed by atoms with Gasteiger partial charge in [0.2, 0.25) is 0 Å². The molecule has 0 heterocycles. The number of esters is 1. The Morgan fingerprint density at radius 1 is 1.54 bits per heavy atom. The molecule has 0 spiro atoms. The van der Waals surface area contributed by atoms with E-state index in [9.17, 15) is 9.59 Å². The fourth-order valence-electron chi connectivity index (χ4n) is 1.71. The SMILES string of the molecule is CC(=O)OCCC1CCCCC1=O. The van der Waals surface area contributed by atoms with E-state index in [4.69, 9.17) is 4.74 Å². The molecule has 1 unspecified atom stereocenters. The standard InChI is InChI=1S/C10H16O3/c1-8(11)13-7-6-9-4-2-3-5-10(9)12/h9H,2-7H2,1H3. The summed E-state index contributed by atoms with van der Waals surface area (Å²) in [6.07, 6.45) is 4.56. The Bertz CT molecular complexity index is 198. The molecule has 1 saturated carbocycles. The molecule has 3 heteroatoms. The molecule has 1 rings (SSSR count). The average molecular weight is 184 g/mol. The maximum atomic E-state index is 11.3. The van der Waals surface area contributed by atoms with E-state index in [1.54, 1.807) is 0 Å². The molecular weight excluding hydrogens is 168 g/mol. The number of carbonyl (C=O) groups is 2. The Kier molecular flexibility index (Phi) is 3.93. The van der Waals surface area contributed by atoms with E-state index in [0.29, 0.717) is 25.2 Å². The predicted octanol–water partition coefficient (Wildman–Crippen LogP) is 1.70. The lowest BCUT2D eigenvalue weighted by molar-refractivity contribution is -0.142. The molecule has 1 aliphatic carbocycles. The van der Waals surface area contributed by atoms with Gasteiger partial charge in [-0.2, -0.15) is 0 Å². The van der Waals surface area contributed by atoms with E-state index in [0.717, 1.165) is 19.3 Å². The van der Waals surface area contributed by atoms with Crippen LogP contribution in [0.15, 0.2) is 0 Å². The first kappa shape index (κ1) is 10.2. The van der Waals surface area contributed by atoms with Gasteiger partial charge in [0.1, 0.15) is 5.78 Å². The molecule has 0 aromatic heterocycles. The minimum Gasteiger partial charge on any atom is -0.466 e. The van der Waals surface area contributed by atoms with E-state index < -0.39 is 0 Å². The van der Waals surface area contributed by atoms with Gasteiger partial charge >= 0.3 is 5.97 Å². The summed E-state index contributed by atoms with van der Waals surface area (Å²) in [6.45, 7) is 1.79. The molecule has 13 heavy (non-hydrogen) atoms. The third-order valence-corrected chi connectivity index (χ3v) is 2.45. The second-order valence-electron chi connectivity index (χ2n) is 3.54. The minimum atomic E-state index is -0.261. The first-order chi connectivity index (χ1) is 6.20. The van der Waals surface area contributed by atoms with Crippen LogP contribution in [0.4, 0.5) is 0 Å². The van der Waals surface area contributed by atoms with E-state index >= 15 is 0 Å². The molecule has 0 aromatic rings. The topological polar surface area (TPSA) is 43.4 Å². The van der Waals surface area contributed by atoms with Crippen LogP contribution in [0.5, 0.6) is 0 Å². The zero-order valence-corrected chi connectivity index (χ0v) is 8.04. The van der Waals surface area contributed by atoms with Crippen LogP contribution in [0.25, 0.3) is 0 Å². The molecule has 74 valence electrons. The normalized spacial score (nSPS) is 22.8. The van der Waals surface area contributed by atoms with Gasteiger partial charge in [-0.25, -0.2) is 0 Å². The minimum absolute atomic E-state index is 0.146. The van der Waals surface area contributed by atoms with E-state index in [1.165, 1.54) is 6.92 Å². The molecule has 0 radical (unpaired) electrons. The van der Waals surface area contributed by atoms with Crippen molar-refractivity contribution in [3.05, 3.63) is 0 Å². The Labute approximate surface area is 78.5 Å². The van der Waals surface area contributed by atoms with Gasteiger partial charge in [0.05, 0.1) is 6.61 Å². The fourth-order valence-corrected chi connectivity index (χ4v) is 1.71. The van der Waals surface area contributed by atoms with Gasteiger partial charge in [-0.3, -0.25) is 9.59 Å². The van der Waals surface area contributed by atoms with Crippen molar-refractivity contribution in [3.8, 4) is 0 Å². The third kappa shape index (κ3) is 3.57. The highest BCUT2D eigenvalue weighted by atomic mass is 16.5. The molecule has 0 bridgehead atoms. The van der Waals surface area contributed by atoms with E-state index in [1.807, 2.05) is 0 Å². The Hall–Kier alpha value is -0.860. The lowest BCUT2D eigenvalue weighted by Gasteiger charge is -2.19. The number of hydrogen-bond acceptors (Lipinski definition) is 3. The second-order valence-corrected chi connectivity index (χ2v) is 3.54. The Morgan fingerprint density at radius 3 is 2.92 bits per heavy atom. The fraction of sp³-hybridized carbons (Fsp3) is 0.800. The van der Waals surface area contributed by atoms with Crippen molar-refractivity contribution in [1.82, 2.24) is 0 Å². The molecular formula is C10H16O3. The van der Waals surface area contributed by atoms with Crippen LogP contribution in [-0.2, 0) is 14.3 Å². The molecule has 0 amide bonds. The molecule has 0 saturated heterocycles. The number of carbonyl (C=O) groups excluding carboxylic acids is 2.